The van der Waals surface area contributed by atoms with Gasteiger partial charge < -0.3 is 15.3 Å². The van der Waals surface area contributed by atoms with Gasteiger partial charge in [0.25, 0.3) is 5.69 Å². The summed E-state index contributed by atoms with van der Waals surface area (Å²) < 4.78 is 0. The molecule has 7 heteroatoms. The minimum Gasteiger partial charge on any atom is -0.395 e. The Hall–Kier alpha value is -3.19. The van der Waals surface area contributed by atoms with Crippen LogP contribution in [0.1, 0.15) is 5.56 Å². The third-order valence-corrected chi connectivity index (χ3v) is 3.54. The normalized spacial score (nSPS) is 10.6. The lowest BCUT2D eigenvalue weighted by molar-refractivity contribution is -0.384. The van der Waals surface area contributed by atoms with E-state index in [0.717, 1.165) is 5.69 Å². The second-order valence-electron chi connectivity index (χ2n) is 5.36. The summed E-state index contributed by atoms with van der Waals surface area (Å²) in [4.78, 5) is 24.0. The van der Waals surface area contributed by atoms with Crippen LogP contribution in [0.5, 0.6) is 0 Å². The fourth-order valence-corrected chi connectivity index (χ4v) is 2.14. The van der Waals surface area contributed by atoms with Crippen molar-refractivity contribution >= 4 is 29.0 Å². The van der Waals surface area contributed by atoms with Crippen LogP contribution in [0.3, 0.4) is 0 Å². The lowest BCUT2D eigenvalue weighted by Gasteiger charge is -2.18. The third-order valence-electron chi connectivity index (χ3n) is 3.54. The quantitative estimate of drug-likeness (QED) is 0.458. The highest BCUT2D eigenvalue weighted by molar-refractivity contribution is 6.02. The monoisotopic (exact) mass is 341 g/mol. The maximum atomic E-state index is 11.9. The molecule has 0 radical (unpaired) electrons. The van der Waals surface area contributed by atoms with Gasteiger partial charge in [0, 0.05) is 43.2 Å². The van der Waals surface area contributed by atoms with Gasteiger partial charge >= 0.3 is 0 Å². The van der Waals surface area contributed by atoms with E-state index in [0.29, 0.717) is 17.8 Å². The zero-order valence-electron chi connectivity index (χ0n) is 13.8. The summed E-state index contributed by atoms with van der Waals surface area (Å²) in [6.07, 6.45) is 2.95. The van der Waals surface area contributed by atoms with Crippen LogP contribution >= 0.6 is 0 Å². The van der Waals surface area contributed by atoms with Gasteiger partial charge in [-0.05, 0) is 48.0 Å². The Bertz CT molecular complexity index is 755. The molecule has 0 aliphatic carbocycles. The third kappa shape index (κ3) is 5.43. The summed E-state index contributed by atoms with van der Waals surface area (Å²) >= 11 is 0. The number of hydrogen-bond acceptors (Lipinski definition) is 5. The first-order valence-electron chi connectivity index (χ1n) is 7.65. The predicted molar refractivity (Wildman–Crippen MR) is 97.6 cm³/mol. The molecule has 0 spiro atoms. The molecule has 7 nitrogen and oxygen atoms in total. The topological polar surface area (TPSA) is 95.7 Å². The van der Waals surface area contributed by atoms with Crippen molar-refractivity contribution in [3.63, 3.8) is 0 Å². The van der Waals surface area contributed by atoms with Gasteiger partial charge in [0.05, 0.1) is 11.5 Å². The summed E-state index contributed by atoms with van der Waals surface area (Å²) in [7, 11) is 1.87. The Morgan fingerprint density at radius 2 is 1.84 bits per heavy atom. The average Bonchev–Trinajstić information content (AvgIpc) is 2.61. The molecule has 1 amide bonds. The van der Waals surface area contributed by atoms with Gasteiger partial charge in [-0.25, -0.2) is 0 Å². The van der Waals surface area contributed by atoms with Gasteiger partial charge in [-0.3, -0.25) is 14.9 Å². The number of amides is 1. The van der Waals surface area contributed by atoms with Crippen molar-refractivity contribution in [1.29, 1.82) is 0 Å². The van der Waals surface area contributed by atoms with Gasteiger partial charge in [-0.1, -0.05) is 0 Å². The fourth-order valence-electron chi connectivity index (χ4n) is 2.14. The molecule has 130 valence electrons. The number of aliphatic hydroxyl groups excluding tert-OH is 1. The Labute approximate surface area is 145 Å². The molecule has 2 aromatic rings. The number of aliphatic hydroxyl groups is 1. The molecule has 0 aromatic heterocycles. The highest BCUT2D eigenvalue weighted by Gasteiger charge is 2.04. The molecule has 0 atom stereocenters. The first-order valence-corrected chi connectivity index (χ1v) is 7.65. The van der Waals surface area contributed by atoms with E-state index in [9.17, 15) is 14.9 Å². The summed E-state index contributed by atoms with van der Waals surface area (Å²) in [6, 6.07) is 13.2. The van der Waals surface area contributed by atoms with Crippen LogP contribution in [0.25, 0.3) is 6.08 Å². The maximum Gasteiger partial charge on any atom is 0.269 e. The lowest BCUT2D eigenvalue weighted by atomic mass is 10.2. The largest absolute Gasteiger partial charge is 0.395 e. The maximum absolute atomic E-state index is 11.9. The van der Waals surface area contributed by atoms with Crippen molar-refractivity contribution in [1.82, 2.24) is 0 Å². The van der Waals surface area contributed by atoms with E-state index in [2.05, 4.69) is 5.32 Å². The number of nitro benzene ring substituents is 1. The van der Waals surface area contributed by atoms with Gasteiger partial charge in [0.1, 0.15) is 0 Å². The van der Waals surface area contributed by atoms with Crippen LogP contribution in [-0.4, -0.2) is 36.1 Å². The number of nitrogens with one attached hydrogen (secondary N) is 1. The van der Waals surface area contributed by atoms with Crippen LogP contribution in [-0.2, 0) is 4.79 Å². The SMILES string of the molecule is CN(CCO)c1ccc(NC(=O)/C=C/c2ccc([N+](=O)[O-])cc2)cc1. The molecule has 0 bridgehead atoms. The first kappa shape index (κ1) is 18.2. The minimum atomic E-state index is -0.470. The van der Waals surface area contributed by atoms with Crippen LogP contribution in [0.2, 0.25) is 0 Å². The summed E-state index contributed by atoms with van der Waals surface area (Å²) in [5, 5.41) is 22.3. The number of carbonyl (C=O) groups excluding carboxylic acids is 1. The Kier molecular flexibility index (Phi) is 6.25. The number of likely N-dealkylation sites (N-methyl/N-ethyl adjacent to an activating group) is 1. The highest BCUT2D eigenvalue weighted by atomic mass is 16.6. The highest BCUT2D eigenvalue weighted by Crippen LogP contribution is 2.17. The molecular formula is C18H19N3O4. The van der Waals surface area contributed by atoms with Crippen LogP contribution in [0.15, 0.2) is 54.6 Å². The number of rotatable bonds is 7. The Balaban J connectivity index is 1.94. The number of hydrogen-bond donors (Lipinski definition) is 2. The van der Waals surface area contributed by atoms with Crippen LogP contribution in [0, 0.1) is 10.1 Å². The number of benzene rings is 2. The van der Waals surface area contributed by atoms with E-state index in [1.165, 1.54) is 18.2 Å². The van der Waals surface area contributed by atoms with Gasteiger partial charge in [0.15, 0.2) is 0 Å². The molecule has 2 aromatic carbocycles. The molecule has 0 fully saturated rings. The van der Waals surface area contributed by atoms with E-state index in [1.54, 1.807) is 30.3 Å². The molecule has 0 aliphatic heterocycles. The fraction of sp³-hybridized carbons (Fsp3) is 0.167. The Morgan fingerprint density at radius 3 is 2.40 bits per heavy atom. The van der Waals surface area contributed by atoms with E-state index in [1.807, 2.05) is 24.1 Å². The molecule has 2 N–H and O–H groups in total. The van der Waals surface area contributed by atoms with E-state index >= 15 is 0 Å². The number of carbonyl (C=O) groups is 1. The van der Waals surface area contributed by atoms with Gasteiger partial charge in [0.2, 0.25) is 5.91 Å². The van der Waals surface area contributed by atoms with Crippen molar-refractivity contribution in [3.8, 4) is 0 Å². The number of anilines is 2. The Morgan fingerprint density at radius 1 is 1.20 bits per heavy atom. The summed E-state index contributed by atoms with van der Waals surface area (Å²) in [5.74, 6) is -0.296. The number of non-ortho nitro benzene ring substituents is 1. The number of nitrogens with zero attached hydrogens (tertiary/aromatic N) is 2. The van der Waals surface area contributed by atoms with Crippen molar-refractivity contribution in [2.24, 2.45) is 0 Å². The van der Waals surface area contributed by atoms with Crippen LogP contribution < -0.4 is 10.2 Å². The molecule has 0 heterocycles. The van der Waals surface area contributed by atoms with Crippen molar-refractivity contribution in [2.45, 2.75) is 0 Å². The van der Waals surface area contributed by atoms with Crippen molar-refractivity contribution in [3.05, 3.63) is 70.3 Å². The molecule has 0 saturated heterocycles. The zero-order chi connectivity index (χ0) is 18.2. The average molecular weight is 341 g/mol. The van der Waals surface area contributed by atoms with E-state index < -0.39 is 4.92 Å². The minimum absolute atomic E-state index is 0.00728. The summed E-state index contributed by atoms with van der Waals surface area (Å²) in [6.45, 7) is 0.603. The predicted octanol–water partition coefficient (Wildman–Crippen LogP) is 2.68. The molecule has 2 rings (SSSR count). The molecule has 0 unspecified atom stereocenters. The first-order chi connectivity index (χ1) is 12.0. The van der Waals surface area contributed by atoms with Crippen molar-refractivity contribution in [2.75, 3.05) is 30.4 Å². The molecule has 0 aliphatic rings. The zero-order valence-corrected chi connectivity index (χ0v) is 13.8. The van der Waals surface area contributed by atoms with Gasteiger partial charge in [-0.2, -0.15) is 0 Å². The molecule has 0 saturated carbocycles. The summed E-state index contributed by atoms with van der Waals surface area (Å²) in [5.41, 5.74) is 2.29. The smallest absolute Gasteiger partial charge is 0.269 e. The van der Waals surface area contributed by atoms with Gasteiger partial charge in [-0.15, -0.1) is 0 Å². The second-order valence-corrected chi connectivity index (χ2v) is 5.36. The van der Waals surface area contributed by atoms with Crippen LogP contribution in [0.4, 0.5) is 17.1 Å². The molecule has 25 heavy (non-hydrogen) atoms. The van der Waals surface area contributed by atoms with Crippen molar-refractivity contribution < 1.29 is 14.8 Å². The second kappa shape index (κ2) is 8.60. The standard InChI is InChI=1S/C18H19N3O4/c1-20(12-13-22)16-9-5-15(6-10-16)19-18(23)11-4-14-2-7-17(8-3-14)21(24)25/h2-11,22H,12-13H2,1H3,(H,19,23)/b11-4+. The van der Waals surface area contributed by atoms with E-state index in [4.69, 9.17) is 5.11 Å². The number of nitro groups is 1. The lowest BCUT2D eigenvalue weighted by Crippen LogP contribution is -2.20. The van der Waals surface area contributed by atoms with E-state index in [-0.39, 0.29) is 18.2 Å². The molecular weight excluding hydrogens is 322 g/mol.